The van der Waals surface area contributed by atoms with E-state index in [-0.39, 0.29) is 6.54 Å². The summed E-state index contributed by atoms with van der Waals surface area (Å²) in [6.45, 7) is 0.207. The van der Waals surface area contributed by atoms with E-state index in [4.69, 9.17) is 29.8 Å². The molecule has 8 aromatic rings. The summed E-state index contributed by atoms with van der Waals surface area (Å²) < 4.78 is 13.0. The number of rotatable bonds is 11. The third-order valence-corrected chi connectivity index (χ3v) is 8.95. The van der Waals surface area contributed by atoms with E-state index in [0.29, 0.717) is 40.0 Å². The molecule has 4 aromatic carbocycles. The molecule has 4 aromatic heterocycles. The first-order valence-electron chi connectivity index (χ1n) is 16.6. The number of ether oxygens (including phenoxy) is 2. The van der Waals surface area contributed by atoms with Crippen molar-refractivity contribution in [2.45, 2.75) is 12.1 Å². The van der Waals surface area contributed by atoms with Gasteiger partial charge in [0, 0.05) is 37.0 Å². The van der Waals surface area contributed by atoms with Gasteiger partial charge >= 0.3 is 0 Å². The summed E-state index contributed by atoms with van der Waals surface area (Å²) in [6, 6.07) is 40.2. The summed E-state index contributed by atoms with van der Waals surface area (Å²) in [5.41, 5.74) is 5.45. The van der Waals surface area contributed by atoms with Gasteiger partial charge in [-0.2, -0.15) is 5.10 Å². The fourth-order valence-corrected chi connectivity index (χ4v) is 6.46. The molecule has 256 valence electrons. The van der Waals surface area contributed by atoms with Crippen LogP contribution >= 0.6 is 0 Å². The molecule has 0 unspecified atom stereocenters. The lowest BCUT2D eigenvalue weighted by atomic mass is 9.77. The maximum Gasteiger partial charge on any atom is 0.194 e. The quantitative estimate of drug-likeness (QED) is 0.138. The van der Waals surface area contributed by atoms with Gasteiger partial charge in [-0.05, 0) is 34.0 Å². The highest BCUT2D eigenvalue weighted by atomic mass is 16.5. The van der Waals surface area contributed by atoms with E-state index in [2.05, 4.69) is 51.6 Å². The van der Waals surface area contributed by atoms with E-state index >= 15 is 0 Å². The van der Waals surface area contributed by atoms with Crippen LogP contribution < -0.4 is 14.4 Å². The number of nitrogens with zero attached hydrogens (tertiary/aromatic N) is 10. The van der Waals surface area contributed by atoms with E-state index in [1.54, 1.807) is 36.1 Å². The van der Waals surface area contributed by atoms with Crippen LogP contribution in [-0.4, -0.2) is 59.2 Å². The Labute approximate surface area is 300 Å². The Morgan fingerprint density at radius 3 is 1.88 bits per heavy atom. The molecule has 0 aliphatic rings. The topological polar surface area (TPSA) is 122 Å². The summed E-state index contributed by atoms with van der Waals surface area (Å²) in [5, 5.41) is 18.9. The highest BCUT2D eigenvalue weighted by Gasteiger charge is 2.41. The van der Waals surface area contributed by atoms with Crippen LogP contribution in [-0.2, 0) is 19.1 Å². The summed E-state index contributed by atoms with van der Waals surface area (Å²) in [4.78, 5) is 18.2. The van der Waals surface area contributed by atoms with Gasteiger partial charge in [-0.15, -0.1) is 15.0 Å². The first-order valence-corrected chi connectivity index (χ1v) is 16.6. The van der Waals surface area contributed by atoms with Crippen molar-refractivity contribution in [1.29, 1.82) is 0 Å². The molecule has 0 fully saturated rings. The fourth-order valence-electron chi connectivity index (χ4n) is 6.46. The van der Waals surface area contributed by atoms with E-state index in [9.17, 15) is 0 Å². The number of benzene rings is 4. The van der Waals surface area contributed by atoms with Gasteiger partial charge in [0.1, 0.15) is 22.8 Å². The van der Waals surface area contributed by atoms with Crippen LogP contribution in [0, 0.1) is 0 Å². The Hall–Kier alpha value is -6.95. The van der Waals surface area contributed by atoms with E-state index in [1.807, 2.05) is 103 Å². The normalized spacial score (nSPS) is 11.4. The lowest BCUT2D eigenvalue weighted by Crippen LogP contribution is -2.39. The number of hydrogen-bond donors (Lipinski definition) is 0. The molecule has 12 nitrogen and oxygen atoms in total. The molecule has 12 heteroatoms. The standard InChI is InChI=1S/C40H34N10O2/c1-48-26-28(24-42-48)36-25-41-35-19-20-38(44-39(35)43-36)49(32-21-33(51-2)23-34(22-32)52-3)27-37-45-47-50(46-37)40(29-13-7-4-8-14-29,30-15-9-5-10-16-30)31-17-11-6-12-18-31/h4-26H,27H2,1-3H3. The largest absolute Gasteiger partial charge is 0.497 e. The average Bonchev–Trinajstić information content (AvgIpc) is 3.87. The van der Waals surface area contributed by atoms with Gasteiger partial charge in [0.2, 0.25) is 0 Å². The predicted molar refractivity (Wildman–Crippen MR) is 197 cm³/mol. The number of methoxy groups -OCH3 is 2. The van der Waals surface area contributed by atoms with Gasteiger partial charge in [0.05, 0.1) is 44.5 Å². The molecule has 0 saturated heterocycles. The Morgan fingerprint density at radius 1 is 0.712 bits per heavy atom. The molecule has 0 spiro atoms. The van der Waals surface area contributed by atoms with Crippen LogP contribution in [0.3, 0.4) is 0 Å². The van der Waals surface area contributed by atoms with Crippen molar-refractivity contribution in [2.24, 2.45) is 7.05 Å². The lowest BCUT2D eigenvalue weighted by Gasteiger charge is -2.34. The molecule has 0 N–H and O–H groups in total. The maximum absolute atomic E-state index is 5.66. The lowest BCUT2D eigenvalue weighted by molar-refractivity contribution is 0.393. The van der Waals surface area contributed by atoms with Crippen molar-refractivity contribution in [2.75, 3.05) is 19.1 Å². The minimum absolute atomic E-state index is 0.207. The van der Waals surface area contributed by atoms with Crippen molar-refractivity contribution < 1.29 is 9.47 Å². The molecule has 0 amide bonds. The molecule has 8 rings (SSSR count). The van der Waals surface area contributed by atoms with Gasteiger partial charge in [0.15, 0.2) is 17.0 Å². The first-order chi connectivity index (χ1) is 25.5. The number of pyridine rings is 1. The third kappa shape index (κ3) is 5.96. The maximum atomic E-state index is 5.66. The van der Waals surface area contributed by atoms with Gasteiger partial charge in [0.25, 0.3) is 0 Å². The Balaban J connectivity index is 1.27. The van der Waals surface area contributed by atoms with Gasteiger partial charge < -0.3 is 14.4 Å². The zero-order valence-corrected chi connectivity index (χ0v) is 28.8. The number of fused-ring (bicyclic) bond motifs is 1. The van der Waals surface area contributed by atoms with Crippen LogP contribution in [0.5, 0.6) is 11.5 Å². The molecule has 4 heterocycles. The molecular formula is C40H34N10O2. The molecule has 0 aliphatic heterocycles. The Bertz CT molecular complexity index is 2330. The van der Waals surface area contributed by atoms with Gasteiger partial charge in [-0.25, -0.2) is 9.97 Å². The van der Waals surface area contributed by atoms with E-state index in [0.717, 1.165) is 27.9 Å². The molecule has 0 radical (unpaired) electrons. The summed E-state index contributed by atoms with van der Waals surface area (Å²) in [6.07, 6.45) is 5.37. The van der Waals surface area contributed by atoms with E-state index < -0.39 is 5.54 Å². The number of anilines is 2. The van der Waals surface area contributed by atoms with Gasteiger partial charge in [-0.1, -0.05) is 91.0 Å². The van der Waals surface area contributed by atoms with Crippen molar-refractivity contribution in [3.63, 3.8) is 0 Å². The highest BCUT2D eigenvalue weighted by molar-refractivity contribution is 5.77. The summed E-state index contributed by atoms with van der Waals surface area (Å²) in [7, 11) is 5.11. The number of hydrogen-bond acceptors (Lipinski definition) is 10. The van der Waals surface area contributed by atoms with Crippen LogP contribution in [0.4, 0.5) is 11.5 Å². The average molecular weight is 687 g/mol. The van der Waals surface area contributed by atoms with E-state index in [1.165, 1.54) is 0 Å². The molecular weight excluding hydrogens is 653 g/mol. The highest BCUT2D eigenvalue weighted by Crippen LogP contribution is 2.40. The van der Waals surface area contributed by atoms with Crippen molar-refractivity contribution in [3.05, 3.63) is 162 Å². The number of aryl methyl sites for hydroxylation is 1. The second-order valence-electron chi connectivity index (χ2n) is 12.1. The van der Waals surface area contributed by atoms with Crippen LogP contribution in [0.15, 0.2) is 140 Å². The second-order valence-corrected chi connectivity index (χ2v) is 12.1. The zero-order valence-electron chi connectivity index (χ0n) is 28.8. The smallest absolute Gasteiger partial charge is 0.194 e. The third-order valence-electron chi connectivity index (χ3n) is 8.95. The second kappa shape index (κ2) is 13.8. The molecule has 0 bridgehead atoms. The minimum atomic E-state index is -0.918. The molecule has 0 atom stereocenters. The fraction of sp³-hybridized carbons (Fsp3) is 0.125. The SMILES string of the molecule is COc1cc(OC)cc(N(Cc2nnn(C(c3ccccc3)(c3ccccc3)c3ccccc3)n2)c2ccc3ncc(-c4cnn(C)c4)nc3n2)c1. The number of tetrazole rings is 1. The summed E-state index contributed by atoms with van der Waals surface area (Å²) >= 11 is 0. The monoisotopic (exact) mass is 686 g/mol. The molecule has 0 aliphatic carbocycles. The predicted octanol–water partition coefficient (Wildman–Crippen LogP) is 6.61. The van der Waals surface area contributed by atoms with Crippen molar-refractivity contribution in [1.82, 2.24) is 44.9 Å². The van der Waals surface area contributed by atoms with Crippen molar-refractivity contribution in [3.8, 4) is 22.8 Å². The Kier molecular flexibility index (Phi) is 8.53. The summed E-state index contributed by atoms with van der Waals surface area (Å²) in [5.74, 6) is 2.29. The molecule has 52 heavy (non-hydrogen) atoms. The molecule has 0 saturated carbocycles. The minimum Gasteiger partial charge on any atom is -0.497 e. The van der Waals surface area contributed by atoms with Crippen LogP contribution in [0.2, 0.25) is 0 Å². The first kappa shape index (κ1) is 32.3. The van der Waals surface area contributed by atoms with Crippen molar-refractivity contribution >= 4 is 22.7 Å². The van der Waals surface area contributed by atoms with Crippen LogP contribution in [0.1, 0.15) is 22.5 Å². The van der Waals surface area contributed by atoms with Gasteiger partial charge in [-0.3, -0.25) is 9.67 Å². The van der Waals surface area contributed by atoms with Crippen LogP contribution in [0.25, 0.3) is 22.4 Å². The Morgan fingerprint density at radius 2 is 1.33 bits per heavy atom. The number of aromatic nitrogens is 9. The zero-order chi connectivity index (χ0) is 35.5.